The third kappa shape index (κ3) is 3.33. The van der Waals surface area contributed by atoms with Gasteiger partial charge in [0, 0.05) is 5.39 Å². The Morgan fingerprint density at radius 2 is 1.78 bits per heavy atom. The molecule has 0 N–H and O–H groups in total. The number of methoxy groups -OCH3 is 2. The summed E-state index contributed by atoms with van der Waals surface area (Å²) in [6.45, 7) is 2.02. The smallest absolute Gasteiger partial charge is 0.231 e. The van der Waals surface area contributed by atoms with E-state index in [4.69, 9.17) is 14.0 Å². The number of aromatic nitrogens is 3. The number of hydrogen-bond donors (Lipinski definition) is 0. The van der Waals surface area contributed by atoms with Gasteiger partial charge in [-0.25, -0.2) is 4.98 Å². The minimum Gasteiger partial charge on any atom is -0.497 e. The molecule has 0 aliphatic heterocycles. The zero-order chi connectivity index (χ0) is 18.8. The largest absolute Gasteiger partial charge is 0.497 e. The van der Waals surface area contributed by atoms with Crippen molar-refractivity contribution < 1.29 is 14.0 Å². The zero-order valence-corrected chi connectivity index (χ0v) is 15.4. The van der Waals surface area contributed by atoms with E-state index in [1.165, 1.54) is 0 Å². The first-order chi connectivity index (χ1) is 13.2. The lowest BCUT2D eigenvalue weighted by atomic mass is 10.1. The molecule has 27 heavy (non-hydrogen) atoms. The Kier molecular flexibility index (Phi) is 4.46. The van der Waals surface area contributed by atoms with Crippen LogP contribution in [0.4, 0.5) is 0 Å². The van der Waals surface area contributed by atoms with Gasteiger partial charge in [0.15, 0.2) is 0 Å². The van der Waals surface area contributed by atoms with Gasteiger partial charge in [-0.1, -0.05) is 35.5 Å². The van der Waals surface area contributed by atoms with Crippen LogP contribution in [0.15, 0.2) is 53.1 Å². The number of benzene rings is 2. The van der Waals surface area contributed by atoms with Crippen LogP contribution in [0.3, 0.4) is 0 Å². The normalized spacial score (nSPS) is 10.9. The summed E-state index contributed by atoms with van der Waals surface area (Å²) in [6, 6.07) is 15.8. The average Bonchev–Trinajstić information content (AvgIpc) is 3.16. The number of ether oxygens (including phenoxy) is 2. The predicted molar refractivity (Wildman–Crippen MR) is 102 cm³/mol. The van der Waals surface area contributed by atoms with Crippen LogP contribution in [0.5, 0.6) is 11.6 Å². The Labute approximate surface area is 156 Å². The van der Waals surface area contributed by atoms with Gasteiger partial charge in [0.2, 0.25) is 17.6 Å². The maximum Gasteiger partial charge on any atom is 0.231 e. The highest BCUT2D eigenvalue weighted by molar-refractivity contribution is 5.87. The molecule has 0 atom stereocenters. The number of para-hydroxylation sites is 1. The molecule has 6 heteroatoms. The summed E-state index contributed by atoms with van der Waals surface area (Å²) in [5.41, 5.74) is 3.76. The van der Waals surface area contributed by atoms with Crippen molar-refractivity contribution in [1.29, 1.82) is 0 Å². The lowest BCUT2D eigenvalue weighted by Gasteiger charge is -2.08. The van der Waals surface area contributed by atoms with Gasteiger partial charge in [0.05, 0.1) is 31.7 Å². The monoisotopic (exact) mass is 361 g/mol. The molecule has 0 amide bonds. The number of fused-ring (bicyclic) bond motifs is 1. The first kappa shape index (κ1) is 17.0. The highest BCUT2D eigenvalue weighted by atomic mass is 16.5. The SMILES string of the molecule is COc1ccc(Cc2nc(-c3cc4cccc(C)c4nc3OC)no2)cc1. The molecule has 4 rings (SSSR count). The van der Waals surface area contributed by atoms with E-state index in [1.54, 1.807) is 14.2 Å². The molecule has 6 nitrogen and oxygen atoms in total. The summed E-state index contributed by atoms with van der Waals surface area (Å²) in [6.07, 6.45) is 0.541. The second-order valence-electron chi connectivity index (χ2n) is 6.23. The van der Waals surface area contributed by atoms with Crippen molar-refractivity contribution in [3.8, 4) is 23.0 Å². The van der Waals surface area contributed by atoms with Crippen LogP contribution in [0, 0.1) is 6.92 Å². The summed E-state index contributed by atoms with van der Waals surface area (Å²) >= 11 is 0. The van der Waals surface area contributed by atoms with Crippen LogP contribution >= 0.6 is 0 Å². The van der Waals surface area contributed by atoms with Crippen molar-refractivity contribution >= 4 is 10.9 Å². The van der Waals surface area contributed by atoms with Crippen LogP contribution in [0.1, 0.15) is 17.0 Å². The quantitative estimate of drug-likeness (QED) is 0.530. The fraction of sp³-hybridized carbons (Fsp3) is 0.190. The maximum atomic E-state index is 5.47. The Morgan fingerprint density at radius 1 is 0.963 bits per heavy atom. The molecule has 0 unspecified atom stereocenters. The Bertz CT molecular complexity index is 1090. The summed E-state index contributed by atoms with van der Waals surface area (Å²) in [4.78, 5) is 9.15. The molecule has 2 aromatic heterocycles. The molecule has 0 saturated heterocycles. The average molecular weight is 361 g/mol. The standard InChI is InChI=1S/C21H19N3O3/c1-13-5-4-6-15-12-17(21(26-3)23-19(13)15)20-22-18(27-24-20)11-14-7-9-16(25-2)10-8-14/h4-10,12H,11H2,1-3H3. The molecule has 136 valence electrons. The maximum absolute atomic E-state index is 5.47. The first-order valence-electron chi connectivity index (χ1n) is 8.58. The van der Waals surface area contributed by atoms with E-state index >= 15 is 0 Å². The molecule has 0 spiro atoms. The number of hydrogen-bond acceptors (Lipinski definition) is 6. The molecular formula is C21H19N3O3. The van der Waals surface area contributed by atoms with Gasteiger partial charge < -0.3 is 14.0 Å². The van der Waals surface area contributed by atoms with Crippen LogP contribution in [-0.4, -0.2) is 29.3 Å². The van der Waals surface area contributed by atoms with Crippen molar-refractivity contribution in [2.24, 2.45) is 0 Å². The van der Waals surface area contributed by atoms with Gasteiger partial charge in [0.25, 0.3) is 0 Å². The second-order valence-corrected chi connectivity index (χ2v) is 6.23. The zero-order valence-electron chi connectivity index (χ0n) is 15.4. The minimum atomic E-state index is 0.464. The van der Waals surface area contributed by atoms with Gasteiger partial charge in [-0.2, -0.15) is 4.98 Å². The number of nitrogens with zero attached hydrogens (tertiary/aromatic N) is 3. The molecule has 0 radical (unpaired) electrons. The minimum absolute atomic E-state index is 0.464. The van der Waals surface area contributed by atoms with Gasteiger partial charge in [-0.15, -0.1) is 0 Å². The van der Waals surface area contributed by atoms with E-state index < -0.39 is 0 Å². The van der Waals surface area contributed by atoms with Crippen LogP contribution < -0.4 is 9.47 Å². The van der Waals surface area contributed by atoms with Crippen molar-refractivity contribution in [3.05, 3.63) is 65.5 Å². The van der Waals surface area contributed by atoms with E-state index in [-0.39, 0.29) is 0 Å². The Morgan fingerprint density at radius 3 is 2.52 bits per heavy atom. The molecule has 4 aromatic rings. The lowest BCUT2D eigenvalue weighted by Crippen LogP contribution is -1.95. The predicted octanol–water partition coefficient (Wildman–Crippen LogP) is 4.20. The number of aryl methyl sites for hydroxylation is 1. The highest BCUT2D eigenvalue weighted by Gasteiger charge is 2.17. The molecule has 0 bridgehead atoms. The first-order valence-corrected chi connectivity index (χ1v) is 8.58. The summed E-state index contributed by atoms with van der Waals surface area (Å²) in [5.74, 6) is 2.29. The van der Waals surface area contributed by atoms with Crippen LogP contribution in [0.2, 0.25) is 0 Å². The number of pyridine rings is 1. The van der Waals surface area contributed by atoms with Crippen LogP contribution in [0.25, 0.3) is 22.3 Å². The lowest BCUT2D eigenvalue weighted by molar-refractivity contribution is 0.383. The summed E-state index contributed by atoms with van der Waals surface area (Å²) in [7, 11) is 3.24. The van der Waals surface area contributed by atoms with Gasteiger partial charge in [0.1, 0.15) is 5.75 Å². The Balaban J connectivity index is 1.67. The van der Waals surface area contributed by atoms with E-state index in [9.17, 15) is 0 Å². The van der Waals surface area contributed by atoms with E-state index in [2.05, 4.69) is 15.1 Å². The fourth-order valence-corrected chi connectivity index (χ4v) is 3.00. The van der Waals surface area contributed by atoms with E-state index in [0.29, 0.717) is 29.6 Å². The molecular weight excluding hydrogens is 342 g/mol. The molecule has 2 aromatic carbocycles. The molecule has 0 saturated carbocycles. The van der Waals surface area contributed by atoms with Crippen LogP contribution in [-0.2, 0) is 6.42 Å². The van der Waals surface area contributed by atoms with Crippen molar-refractivity contribution in [3.63, 3.8) is 0 Å². The number of rotatable bonds is 5. The van der Waals surface area contributed by atoms with Crippen molar-refractivity contribution in [2.75, 3.05) is 14.2 Å². The van der Waals surface area contributed by atoms with Gasteiger partial charge >= 0.3 is 0 Å². The Hall–Kier alpha value is -3.41. The van der Waals surface area contributed by atoms with Crippen molar-refractivity contribution in [1.82, 2.24) is 15.1 Å². The fourth-order valence-electron chi connectivity index (χ4n) is 3.00. The molecule has 0 aliphatic carbocycles. The third-order valence-corrected chi connectivity index (χ3v) is 4.43. The second kappa shape index (κ2) is 7.07. The van der Waals surface area contributed by atoms with E-state index in [1.807, 2.05) is 55.5 Å². The van der Waals surface area contributed by atoms with Crippen molar-refractivity contribution in [2.45, 2.75) is 13.3 Å². The summed E-state index contributed by atoms with van der Waals surface area (Å²) in [5, 5.41) is 5.13. The molecule has 0 aliphatic rings. The molecule has 0 fully saturated rings. The van der Waals surface area contributed by atoms with Gasteiger partial charge in [-0.05, 0) is 36.2 Å². The highest BCUT2D eigenvalue weighted by Crippen LogP contribution is 2.31. The molecule has 2 heterocycles. The van der Waals surface area contributed by atoms with E-state index in [0.717, 1.165) is 27.8 Å². The third-order valence-electron chi connectivity index (χ3n) is 4.43. The topological polar surface area (TPSA) is 70.3 Å². The van der Waals surface area contributed by atoms with Gasteiger partial charge in [-0.3, -0.25) is 0 Å². The summed E-state index contributed by atoms with van der Waals surface area (Å²) < 4.78 is 16.1.